The molecule has 1 amide bonds. The maximum absolute atomic E-state index is 12.6. The molecule has 1 aliphatic heterocycles. The van der Waals surface area contributed by atoms with Gasteiger partial charge in [-0.2, -0.15) is 0 Å². The van der Waals surface area contributed by atoms with E-state index in [9.17, 15) is 4.79 Å². The summed E-state index contributed by atoms with van der Waals surface area (Å²) in [5.74, 6) is 0.228. The minimum absolute atomic E-state index is 0.181. The fraction of sp³-hybridized carbons (Fsp3) is 0.273. The molecule has 5 nitrogen and oxygen atoms in total. The van der Waals surface area contributed by atoms with E-state index in [1.54, 1.807) is 11.8 Å². The molecular formula is C22H22N2O3S. The van der Waals surface area contributed by atoms with Gasteiger partial charge in [0.1, 0.15) is 6.10 Å². The number of benzene rings is 2. The van der Waals surface area contributed by atoms with Crippen molar-refractivity contribution in [1.82, 2.24) is 4.98 Å². The third-order valence-electron chi connectivity index (χ3n) is 4.72. The van der Waals surface area contributed by atoms with Gasteiger partial charge in [0.25, 0.3) is 5.91 Å². The Bertz CT molecular complexity index is 976. The highest BCUT2D eigenvalue weighted by Gasteiger charge is 2.28. The van der Waals surface area contributed by atoms with Crippen LogP contribution in [-0.4, -0.2) is 17.5 Å². The summed E-state index contributed by atoms with van der Waals surface area (Å²) in [5.41, 5.74) is 3.50. The van der Waals surface area contributed by atoms with Crippen LogP contribution in [0.1, 0.15) is 46.3 Å². The normalized spacial score (nSPS) is 16.3. The molecule has 2 aromatic carbocycles. The summed E-state index contributed by atoms with van der Waals surface area (Å²) in [6, 6.07) is 14.3. The number of aromatic nitrogens is 1. The van der Waals surface area contributed by atoms with E-state index >= 15 is 0 Å². The average molecular weight is 394 g/mol. The molecule has 1 saturated heterocycles. The first-order valence-electron chi connectivity index (χ1n) is 9.31. The standard InChI is InChI=1S/C22H22N2O3S/c1-14-5-6-15(2)19(12-14)28-17-9-7-16(8-10-17)24-22(25)20-21(27-13-23-20)18-4-3-11-26-18/h5-10,12-13,18H,3-4,11H2,1-2H3,(H,24,25). The number of carbonyl (C=O) groups is 1. The second-order valence-corrected chi connectivity index (χ2v) is 8.03. The van der Waals surface area contributed by atoms with E-state index in [0.717, 1.165) is 23.4 Å². The van der Waals surface area contributed by atoms with Gasteiger partial charge in [0.05, 0.1) is 0 Å². The third-order valence-corrected chi connectivity index (χ3v) is 5.88. The van der Waals surface area contributed by atoms with Crippen molar-refractivity contribution in [2.75, 3.05) is 11.9 Å². The Morgan fingerprint density at radius 1 is 1.18 bits per heavy atom. The molecule has 0 spiro atoms. The Hall–Kier alpha value is -2.57. The van der Waals surface area contributed by atoms with Crippen LogP contribution in [0.5, 0.6) is 0 Å². The van der Waals surface area contributed by atoms with E-state index in [-0.39, 0.29) is 12.0 Å². The maximum atomic E-state index is 12.6. The van der Waals surface area contributed by atoms with E-state index in [0.29, 0.717) is 18.1 Å². The highest BCUT2D eigenvalue weighted by molar-refractivity contribution is 7.99. The Morgan fingerprint density at radius 3 is 2.75 bits per heavy atom. The minimum Gasteiger partial charge on any atom is -0.445 e. The lowest BCUT2D eigenvalue weighted by Crippen LogP contribution is -2.15. The smallest absolute Gasteiger partial charge is 0.278 e. The van der Waals surface area contributed by atoms with Crippen LogP contribution < -0.4 is 5.32 Å². The molecule has 0 radical (unpaired) electrons. The second kappa shape index (κ2) is 8.20. The number of hydrogen-bond acceptors (Lipinski definition) is 5. The number of amides is 1. The van der Waals surface area contributed by atoms with Crippen LogP contribution in [0.3, 0.4) is 0 Å². The Kier molecular flexibility index (Phi) is 5.50. The zero-order valence-corrected chi connectivity index (χ0v) is 16.7. The highest BCUT2D eigenvalue weighted by Crippen LogP contribution is 2.33. The molecular weight excluding hydrogens is 372 g/mol. The molecule has 0 bridgehead atoms. The van der Waals surface area contributed by atoms with Crippen molar-refractivity contribution < 1.29 is 13.9 Å². The summed E-state index contributed by atoms with van der Waals surface area (Å²) in [4.78, 5) is 19.1. The van der Waals surface area contributed by atoms with Gasteiger partial charge in [-0.25, -0.2) is 4.98 Å². The average Bonchev–Trinajstić information content (AvgIpc) is 3.37. The summed E-state index contributed by atoms with van der Waals surface area (Å²) in [5, 5.41) is 2.89. The summed E-state index contributed by atoms with van der Waals surface area (Å²) in [6.07, 6.45) is 2.93. The SMILES string of the molecule is Cc1ccc(C)c(Sc2ccc(NC(=O)c3ncoc3C3CCCO3)cc2)c1. The largest absolute Gasteiger partial charge is 0.445 e. The summed E-state index contributed by atoms with van der Waals surface area (Å²) in [7, 11) is 0. The molecule has 6 heteroatoms. The van der Waals surface area contributed by atoms with E-state index in [1.165, 1.54) is 22.4 Å². The van der Waals surface area contributed by atoms with Gasteiger partial charge < -0.3 is 14.5 Å². The number of carbonyl (C=O) groups excluding carboxylic acids is 1. The summed E-state index contributed by atoms with van der Waals surface area (Å²) in [6.45, 7) is 4.89. The number of nitrogens with zero attached hydrogens (tertiary/aromatic N) is 1. The van der Waals surface area contributed by atoms with E-state index < -0.39 is 0 Å². The van der Waals surface area contributed by atoms with Crippen LogP contribution in [0.25, 0.3) is 0 Å². The molecule has 1 N–H and O–H groups in total. The van der Waals surface area contributed by atoms with Crippen LogP contribution in [0.4, 0.5) is 5.69 Å². The third kappa shape index (κ3) is 4.13. The number of rotatable bonds is 5. The topological polar surface area (TPSA) is 64.4 Å². The van der Waals surface area contributed by atoms with Crippen molar-refractivity contribution in [3.8, 4) is 0 Å². The monoisotopic (exact) mass is 394 g/mol. The van der Waals surface area contributed by atoms with Crippen LogP contribution >= 0.6 is 11.8 Å². The van der Waals surface area contributed by atoms with E-state index in [4.69, 9.17) is 9.15 Å². The predicted octanol–water partition coefficient (Wildman–Crippen LogP) is 5.55. The Labute approximate surface area is 168 Å². The maximum Gasteiger partial charge on any atom is 0.278 e. The molecule has 0 aliphatic carbocycles. The number of nitrogens with one attached hydrogen (secondary N) is 1. The molecule has 1 fully saturated rings. The lowest BCUT2D eigenvalue weighted by atomic mass is 10.1. The fourth-order valence-corrected chi connectivity index (χ4v) is 4.18. The van der Waals surface area contributed by atoms with Gasteiger partial charge in [0.15, 0.2) is 17.8 Å². The number of ether oxygens (including phenoxy) is 1. The lowest BCUT2D eigenvalue weighted by molar-refractivity contribution is 0.0889. The molecule has 1 aromatic heterocycles. The van der Waals surface area contributed by atoms with Crippen molar-refractivity contribution in [1.29, 1.82) is 0 Å². The van der Waals surface area contributed by atoms with Crippen LogP contribution in [0, 0.1) is 13.8 Å². The first kappa shape index (κ1) is 18.8. The lowest BCUT2D eigenvalue weighted by Gasteiger charge is -2.10. The summed E-state index contributed by atoms with van der Waals surface area (Å²) < 4.78 is 11.0. The van der Waals surface area contributed by atoms with Gasteiger partial charge in [-0.15, -0.1) is 0 Å². The zero-order valence-electron chi connectivity index (χ0n) is 15.9. The molecule has 4 rings (SSSR count). The van der Waals surface area contributed by atoms with Crippen molar-refractivity contribution in [2.45, 2.75) is 42.6 Å². The number of anilines is 1. The molecule has 0 saturated carbocycles. The number of aryl methyl sites for hydroxylation is 2. The Balaban J connectivity index is 1.44. The van der Waals surface area contributed by atoms with Crippen LogP contribution in [-0.2, 0) is 4.74 Å². The van der Waals surface area contributed by atoms with Crippen molar-refractivity contribution in [2.24, 2.45) is 0 Å². The molecule has 2 heterocycles. The van der Waals surface area contributed by atoms with E-state index in [2.05, 4.69) is 42.3 Å². The van der Waals surface area contributed by atoms with Crippen LogP contribution in [0.2, 0.25) is 0 Å². The molecule has 3 aromatic rings. The van der Waals surface area contributed by atoms with Gasteiger partial charge >= 0.3 is 0 Å². The Morgan fingerprint density at radius 2 is 2.00 bits per heavy atom. The number of oxazole rings is 1. The zero-order chi connectivity index (χ0) is 19.5. The fourth-order valence-electron chi connectivity index (χ4n) is 3.18. The molecule has 1 unspecified atom stereocenters. The molecule has 144 valence electrons. The first-order valence-corrected chi connectivity index (χ1v) is 10.1. The van der Waals surface area contributed by atoms with Crippen molar-refractivity contribution in [3.05, 3.63) is 71.4 Å². The molecule has 28 heavy (non-hydrogen) atoms. The molecule has 1 atom stereocenters. The van der Waals surface area contributed by atoms with Crippen molar-refractivity contribution >= 4 is 23.4 Å². The van der Waals surface area contributed by atoms with Crippen LogP contribution in [0.15, 0.2) is 63.1 Å². The summed E-state index contributed by atoms with van der Waals surface area (Å²) >= 11 is 1.72. The second-order valence-electron chi connectivity index (χ2n) is 6.92. The van der Waals surface area contributed by atoms with Gasteiger partial charge in [0, 0.05) is 22.1 Å². The minimum atomic E-state index is -0.283. The molecule has 1 aliphatic rings. The quantitative estimate of drug-likeness (QED) is 0.615. The highest BCUT2D eigenvalue weighted by atomic mass is 32.2. The van der Waals surface area contributed by atoms with Gasteiger partial charge in [-0.1, -0.05) is 23.9 Å². The predicted molar refractivity (Wildman–Crippen MR) is 109 cm³/mol. The van der Waals surface area contributed by atoms with Gasteiger partial charge in [-0.3, -0.25) is 4.79 Å². The van der Waals surface area contributed by atoms with Crippen molar-refractivity contribution in [3.63, 3.8) is 0 Å². The van der Waals surface area contributed by atoms with E-state index in [1.807, 2.05) is 24.3 Å². The van der Waals surface area contributed by atoms with Gasteiger partial charge in [-0.05, 0) is 68.1 Å². The number of hydrogen-bond donors (Lipinski definition) is 1. The van der Waals surface area contributed by atoms with Gasteiger partial charge in [0.2, 0.25) is 0 Å². The first-order chi connectivity index (χ1) is 13.6.